The molecule has 1 aromatic rings. The molecule has 1 amide bonds. The molecule has 5 heteroatoms. The van der Waals surface area contributed by atoms with E-state index >= 15 is 0 Å². The molecule has 0 unspecified atom stereocenters. The summed E-state index contributed by atoms with van der Waals surface area (Å²) >= 11 is 2.13. The monoisotopic (exact) mass is 321 g/mol. The van der Waals surface area contributed by atoms with Crippen LogP contribution >= 0.6 is 22.6 Å². The van der Waals surface area contributed by atoms with Gasteiger partial charge in [0.1, 0.15) is 11.5 Å². The Balaban J connectivity index is 3.14. The number of hydrogen-bond acceptors (Lipinski definition) is 3. The maximum Gasteiger partial charge on any atom is 0.221 e. The van der Waals surface area contributed by atoms with Crippen molar-refractivity contribution in [3.05, 3.63) is 15.7 Å². The van der Waals surface area contributed by atoms with Gasteiger partial charge >= 0.3 is 0 Å². The summed E-state index contributed by atoms with van der Waals surface area (Å²) in [6.07, 6.45) is 0. The zero-order valence-electron chi connectivity index (χ0n) is 8.76. The number of halogens is 1. The fourth-order valence-corrected chi connectivity index (χ4v) is 1.90. The lowest BCUT2D eigenvalue weighted by Crippen LogP contribution is -2.06. The average molecular weight is 321 g/mol. The van der Waals surface area contributed by atoms with Gasteiger partial charge in [0.2, 0.25) is 5.91 Å². The molecule has 0 radical (unpaired) electrons. The van der Waals surface area contributed by atoms with E-state index in [1.54, 1.807) is 26.4 Å². The minimum Gasteiger partial charge on any atom is -0.495 e. The Morgan fingerprint density at radius 2 is 1.73 bits per heavy atom. The van der Waals surface area contributed by atoms with Gasteiger partial charge in [-0.15, -0.1) is 0 Å². The molecule has 15 heavy (non-hydrogen) atoms. The fourth-order valence-electron chi connectivity index (χ4n) is 1.14. The van der Waals surface area contributed by atoms with Crippen molar-refractivity contribution >= 4 is 34.2 Å². The SMILES string of the molecule is COc1cc(NC(C)=O)cc(OC)c1I. The number of carbonyl (C=O) groups is 1. The van der Waals surface area contributed by atoms with Crippen LogP contribution in [0.3, 0.4) is 0 Å². The van der Waals surface area contributed by atoms with E-state index in [0.717, 1.165) is 3.57 Å². The number of ether oxygens (including phenoxy) is 2. The predicted molar refractivity (Wildman–Crippen MR) is 66.6 cm³/mol. The topological polar surface area (TPSA) is 47.6 Å². The first-order chi connectivity index (χ1) is 7.08. The van der Waals surface area contributed by atoms with E-state index in [2.05, 4.69) is 27.9 Å². The zero-order valence-corrected chi connectivity index (χ0v) is 10.9. The molecule has 0 saturated carbocycles. The maximum atomic E-state index is 10.9. The summed E-state index contributed by atoms with van der Waals surface area (Å²) in [5, 5.41) is 2.68. The van der Waals surface area contributed by atoms with Crippen molar-refractivity contribution in [3.8, 4) is 11.5 Å². The van der Waals surface area contributed by atoms with Crippen molar-refractivity contribution in [1.82, 2.24) is 0 Å². The van der Waals surface area contributed by atoms with Crippen LogP contribution in [0.25, 0.3) is 0 Å². The minimum atomic E-state index is -0.125. The van der Waals surface area contributed by atoms with E-state index in [9.17, 15) is 4.79 Å². The molecule has 0 aromatic heterocycles. The van der Waals surface area contributed by atoms with Gasteiger partial charge in [0.25, 0.3) is 0 Å². The van der Waals surface area contributed by atoms with Gasteiger partial charge in [0.15, 0.2) is 0 Å². The van der Waals surface area contributed by atoms with Crippen molar-refractivity contribution < 1.29 is 14.3 Å². The molecule has 4 nitrogen and oxygen atoms in total. The number of nitrogens with one attached hydrogen (secondary N) is 1. The number of methoxy groups -OCH3 is 2. The molecule has 0 heterocycles. The Labute approximate surface area is 102 Å². The number of hydrogen-bond donors (Lipinski definition) is 1. The smallest absolute Gasteiger partial charge is 0.221 e. The lowest BCUT2D eigenvalue weighted by atomic mass is 10.2. The molecule has 0 aliphatic heterocycles. The molecule has 1 aromatic carbocycles. The van der Waals surface area contributed by atoms with Crippen LogP contribution in [0.5, 0.6) is 11.5 Å². The van der Waals surface area contributed by atoms with Crippen LogP contribution < -0.4 is 14.8 Å². The molecule has 0 aliphatic carbocycles. The highest BCUT2D eigenvalue weighted by Gasteiger charge is 2.10. The molecule has 82 valence electrons. The average Bonchev–Trinajstić information content (AvgIpc) is 2.19. The maximum absolute atomic E-state index is 10.9. The van der Waals surface area contributed by atoms with E-state index in [1.165, 1.54) is 6.92 Å². The molecule has 0 fully saturated rings. The van der Waals surface area contributed by atoms with Crippen LogP contribution in [-0.4, -0.2) is 20.1 Å². The Hall–Kier alpha value is -0.980. The second-order valence-electron chi connectivity index (χ2n) is 2.88. The van der Waals surface area contributed by atoms with Crippen LogP contribution in [0.15, 0.2) is 12.1 Å². The second-order valence-corrected chi connectivity index (χ2v) is 3.95. The van der Waals surface area contributed by atoms with E-state index < -0.39 is 0 Å². The molecule has 0 aliphatic rings. The quantitative estimate of drug-likeness (QED) is 0.869. The summed E-state index contributed by atoms with van der Waals surface area (Å²) in [4.78, 5) is 10.9. The van der Waals surface area contributed by atoms with Gasteiger partial charge < -0.3 is 14.8 Å². The lowest BCUT2D eigenvalue weighted by Gasteiger charge is -2.11. The first kappa shape index (κ1) is 12.1. The van der Waals surface area contributed by atoms with Gasteiger partial charge in [-0.2, -0.15) is 0 Å². The Morgan fingerprint density at radius 1 is 1.27 bits per heavy atom. The fraction of sp³-hybridized carbons (Fsp3) is 0.300. The van der Waals surface area contributed by atoms with Crippen molar-refractivity contribution in [3.63, 3.8) is 0 Å². The van der Waals surface area contributed by atoms with Gasteiger partial charge in [0, 0.05) is 24.7 Å². The number of amides is 1. The van der Waals surface area contributed by atoms with Crippen LogP contribution in [-0.2, 0) is 4.79 Å². The van der Waals surface area contributed by atoms with Crippen LogP contribution in [0.1, 0.15) is 6.92 Å². The van der Waals surface area contributed by atoms with Gasteiger partial charge in [-0.1, -0.05) is 0 Å². The number of rotatable bonds is 3. The highest BCUT2D eigenvalue weighted by Crippen LogP contribution is 2.33. The first-order valence-electron chi connectivity index (χ1n) is 4.27. The summed E-state index contributed by atoms with van der Waals surface area (Å²) in [6.45, 7) is 1.46. The third kappa shape index (κ3) is 2.98. The van der Waals surface area contributed by atoms with Crippen molar-refractivity contribution in [1.29, 1.82) is 0 Å². The van der Waals surface area contributed by atoms with E-state index in [-0.39, 0.29) is 5.91 Å². The third-order valence-corrected chi connectivity index (χ3v) is 2.83. The van der Waals surface area contributed by atoms with E-state index in [4.69, 9.17) is 9.47 Å². The number of carbonyl (C=O) groups excluding carboxylic acids is 1. The summed E-state index contributed by atoms with van der Waals surface area (Å²) in [6, 6.07) is 3.51. The molecule has 0 saturated heterocycles. The Bertz CT molecular complexity index is 354. The summed E-state index contributed by atoms with van der Waals surface area (Å²) in [7, 11) is 3.16. The van der Waals surface area contributed by atoms with Crippen LogP contribution in [0.2, 0.25) is 0 Å². The molecule has 0 spiro atoms. The van der Waals surface area contributed by atoms with Crippen molar-refractivity contribution in [2.75, 3.05) is 19.5 Å². The van der Waals surface area contributed by atoms with Crippen LogP contribution in [0, 0.1) is 3.57 Å². The summed E-state index contributed by atoms with van der Waals surface area (Å²) < 4.78 is 11.2. The standard InChI is InChI=1S/C10H12INO3/c1-6(13)12-7-4-8(14-2)10(11)9(5-7)15-3/h4-5H,1-3H3,(H,12,13). The van der Waals surface area contributed by atoms with Gasteiger partial charge in [0.05, 0.1) is 17.8 Å². The van der Waals surface area contributed by atoms with Gasteiger partial charge in [-0.25, -0.2) is 0 Å². The normalized spacial score (nSPS) is 9.60. The third-order valence-electron chi connectivity index (χ3n) is 1.77. The largest absolute Gasteiger partial charge is 0.495 e. The van der Waals surface area contributed by atoms with Crippen molar-refractivity contribution in [2.45, 2.75) is 6.92 Å². The lowest BCUT2D eigenvalue weighted by molar-refractivity contribution is -0.114. The molecule has 1 rings (SSSR count). The minimum absolute atomic E-state index is 0.125. The zero-order chi connectivity index (χ0) is 11.4. The van der Waals surface area contributed by atoms with Crippen LogP contribution in [0.4, 0.5) is 5.69 Å². The highest BCUT2D eigenvalue weighted by atomic mass is 127. The highest BCUT2D eigenvalue weighted by molar-refractivity contribution is 14.1. The predicted octanol–water partition coefficient (Wildman–Crippen LogP) is 2.27. The Kier molecular flexibility index (Phi) is 4.19. The summed E-state index contributed by atoms with van der Waals surface area (Å²) in [5.74, 6) is 1.23. The molecular formula is C10H12INO3. The number of benzene rings is 1. The molecule has 0 atom stereocenters. The first-order valence-corrected chi connectivity index (χ1v) is 5.35. The van der Waals surface area contributed by atoms with E-state index in [0.29, 0.717) is 17.2 Å². The second kappa shape index (κ2) is 5.20. The van der Waals surface area contributed by atoms with Crippen molar-refractivity contribution in [2.24, 2.45) is 0 Å². The molecule has 1 N–H and O–H groups in total. The van der Waals surface area contributed by atoms with Gasteiger partial charge in [-0.05, 0) is 22.6 Å². The Morgan fingerprint density at radius 3 is 2.07 bits per heavy atom. The number of anilines is 1. The van der Waals surface area contributed by atoms with Gasteiger partial charge in [-0.3, -0.25) is 4.79 Å². The molecular weight excluding hydrogens is 309 g/mol. The molecule has 0 bridgehead atoms. The summed E-state index contributed by atoms with van der Waals surface area (Å²) in [5.41, 5.74) is 0.664. The van der Waals surface area contributed by atoms with E-state index in [1.807, 2.05) is 0 Å².